The van der Waals surface area contributed by atoms with E-state index in [0.29, 0.717) is 6.54 Å². The fourth-order valence-electron chi connectivity index (χ4n) is 1.78. The molecule has 3 heteroatoms. The zero-order valence-corrected chi connectivity index (χ0v) is 10.5. The van der Waals surface area contributed by atoms with Gasteiger partial charge < -0.3 is 10.4 Å². The largest absolute Gasteiger partial charge is 0.394 e. The molecule has 0 aliphatic rings. The SMILES string of the molecule is CCCC(C)(CO)NCc1ncccc1C. The van der Waals surface area contributed by atoms with Crippen molar-refractivity contribution in [3.05, 3.63) is 29.6 Å². The smallest absolute Gasteiger partial charge is 0.0610 e. The maximum absolute atomic E-state index is 9.38. The Kier molecular flexibility index (Phi) is 4.90. The van der Waals surface area contributed by atoms with Crippen molar-refractivity contribution in [1.29, 1.82) is 0 Å². The number of rotatable bonds is 6. The van der Waals surface area contributed by atoms with Crippen LogP contribution >= 0.6 is 0 Å². The highest BCUT2D eigenvalue weighted by atomic mass is 16.3. The third-order valence-corrected chi connectivity index (χ3v) is 2.95. The second-order valence-corrected chi connectivity index (χ2v) is 4.59. The summed E-state index contributed by atoms with van der Waals surface area (Å²) >= 11 is 0. The Hall–Kier alpha value is -0.930. The molecular formula is C13H22N2O. The number of nitrogens with zero attached hydrogens (tertiary/aromatic N) is 1. The Morgan fingerprint density at radius 3 is 2.81 bits per heavy atom. The Morgan fingerprint density at radius 2 is 2.25 bits per heavy atom. The van der Waals surface area contributed by atoms with E-state index in [-0.39, 0.29) is 12.1 Å². The summed E-state index contributed by atoms with van der Waals surface area (Å²) < 4.78 is 0. The second kappa shape index (κ2) is 5.97. The quantitative estimate of drug-likeness (QED) is 0.774. The molecule has 1 atom stereocenters. The highest BCUT2D eigenvalue weighted by Gasteiger charge is 2.21. The maximum Gasteiger partial charge on any atom is 0.0610 e. The summed E-state index contributed by atoms with van der Waals surface area (Å²) in [7, 11) is 0. The molecule has 0 saturated carbocycles. The van der Waals surface area contributed by atoms with Gasteiger partial charge in [0.05, 0.1) is 12.3 Å². The van der Waals surface area contributed by atoms with Crippen molar-refractivity contribution in [2.75, 3.05) is 6.61 Å². The highest BCUT2D eigenvalue weighted by molar-refractivity contribution is 5.17. The number of nitrogens with one attached hydrogen (secondary N) is 1. The molecule has 1 unspecified atom stereocenters. The molecule has 1 heterocycles. The lowest BCUT2D eigenvalue weighted by Gasteiger charge is -2.28. The average molecular weight is 222 g/mol. The van der Waals surface area contributed by atoms with Gasteiger partial charge in [-0.1, -0.05) is 19.4 Å². The van der Waals surface area contributed by atoms with Crippen LogP contribution in [0.2, 0.25) is 0 Å². The number of pyridine rings is 1. The van der Waals surface area contributed by atoms with E-state index in [0.717, 1.165) is 18.5 Å². The molecule has 0 radical (unpaired) electrons. The van der Waals surface area contributed by atoms with Crippen molar-refractivity contribution >= 4 is 0 Å². The predicted molar refractivity (Wildman–Crippen MR) is 66.2 cm³/mol. The van der Waals surface area contributed by atoms with Crippen LogP contribution in [0.25, 0.3) is 0 Å². The first-order valence-electron chi connectivity index (χ1n) is 5.87. The van der Waals surface area contributed by atoms with Gasteiger partial charge in [-0.25, -0.2) is 0 Å². The van der Waals surface area contributed by atoms with Gasteiger partial charge in [0.2, 0.25) is 0 Å². The first-order chi connectivity index (χ1) is 7.61. The Morgan fingerprint density at radius 1 is 1.50 bits per heavy atom. The van der Waals surface area contributed by atoms with Crippen molar-refractivity contribution < 1.29 is 5.11 Å². The zero-order valence-electron chi connectivity index (χ0n) is 10.5. The van der Waals surface area contributed by atoms with Crippen LogP contribution in [-0.2, 0) is 6.54 Å². The fraction of sp³-hybridized carbons (Fsp3) is 0.615. The van der Waals surface area contributed by atoms with E-state index >= 15 is 0 Å². The highest BCUT2D eigenvalue weighted by Crippen LogP contribution is 2.13. The number of aliphatic hydroxyl groups is 1. The van der Waals surface area contributed by atoms with Gasteiger partial charge in [-0.2, -0.15) is 0 Å². The second-order valence-electron chi connectivity index (χ2n) is 4.59. The van der Waals surface area contributed by atoms with Gasteiger partial charge in [0.25, 0.3) is 0 Å². The van der Waals surface area contributed by atoms with Crippen LogP contribution in [0.1, 0.15) is 37.9 Å². The molecule has 0 bridgehead atoms. The van der Waals surface area contributed by atoms with Gasteiger partial charge in [0.15, 0.2) is 0 Å². The summed E-state index contributed by atoms with van der Waals surface area (Å²) in [6.45, 7) is 7.10. The Balaban J connectivity index is 2.59. The van der Waals surface area contributed by atoms with Gasteiger partial charge in [-0.3, -0.25) is 4.98 Å². The van der Waals surface area contributed by atoms with Gasteiger partial charge in [-0.15, -0.1) is 0 Å². The Bertz CT molecular complexity index is 327. The van der Waals surface area contributed by atoms with E-state index in [1.165, 1.54) is 5.56 Å². The molecule has 0 spiro atoms. The number of aromatic nitrogens is 1. The summed E-state index contributed by atoms with van der Waals surface area (Å²) in [5.41, 5.74) is 2.05. The van der Waals surface area contributed by atoms with Crippen molar-refractivity contribution in [3.8, 4) is 0 Å². The number of hydrogen-bond donors (Lipinski definition) is 2. The molecule has 3 nitrogen and oxygen atoms in total. The fourth-order valence-corrected chi connectivity index (χ4v) is 1.78. The summed E-state index contributed by atoms with van der Waals surface area (Å²) in [5.74, 6) is 0. The van der Waals surface area contributed by atoms with Gasteiger partial charge in [-0.05, 0) is 31.9 Å². The molecule has 1 aromatic heterocycles. The van der Waals surface area contributed by atoms with Crippen LogP contribution in [0.15, 0.2) is 18.3 Å². The van der Waals surface area contributed by atoms with Crippen molar-refractivity contribution in [2.24, 2.45) is 0 Å². The van der Waals surface area contributed by atoms with Gasteiger partial charge in [0, 0.05) is 18.3 Å². The minimum Gasteiger partial charge on any atom is -0.394 e. The molecule has 0 fully saturated rings. The molecule has 0 amide bonds. The minimum absolute atomic E-state index is 0.159. The van der Waals surface area contributed by atoms with E-state index in [1.807, 2.05) is 6.07 Å². The van der Waals surface area contributed by atoms with Crippen molar-refractivity contribution in [3.63, 3.8) is 0 Å². The molecule has 16 heavy (non-hydrogen) atoms. The van der Waals surface area contributed by atoms with E-state index in [9.17, 15) is 5.11 Å². The lowest BCUT2D eigenvalue weighted by molar-refractivity contribution is 0.163. The number of aryl methyl sites for hydroxylation is 1. The van der Waals surface area contributed by atoms with E-state index in [1.54, 1.807) is 6.20 Å². The molecular weight excluding hydrogens is 200 g/mol. The van der Waals surface area contributed by atoms with Crippen LogP contribution in [0.5, 0.6) is 0 Å². The van der Waals surface area contributed by atoms with Gasteiger partial charge >= 0.3 is 0 Å². The van der Waals surface area contributed by atoms with Crippen LogP contribution in [-0.4, -0.2) is 22.2 Å². The minimum atomic E-state index is -0.196. The molecule has 0 aromatic carbocycles. The third kappa shape index (κ3) is 3.58. The summed E-state index contributed by atoms with van der Waals surface area (Å²) in [5, 5.41) is 12.8. The lowest BCUT2D eigenvalue weighted by Crippen LogP contribution is -2.45. The third-order valence-electron chi connectivity index (χ3n) is 2.95. The topological polar surface area (TPSA) is 45.1 Å². The maximum atomic E-state index is 9.38. The monoisotopic (exact) mass is 222 g/mol. The summed E-state index contributed by atoms with van der Waals surface area (Å²) in [6, 6.07) is 4.00. The van der Waals surface area contributed by atoms with Crippen molar-refractivity contribution in [2.45, 2.75) is 45.7 Å². The summed E-state index contributed by atoms with van der Waals surface area (Å²) in [6.07, 6.45) is 3.83. The van der Waals surface area contributed by atoms with Crippen LogP contribution < -0.4 is 5.32 Å². The molecule has 0 saturated heterocycles. The molecule has 0 aliphatic heterocycles. The van der Waals surface area contributed by atoms with E-state index in [2.05, 4.69) is 37.1 Å². The van der Waals surface area contributed by atoms with Crippen LogP contribution in [0.3, 0.4) is 0 Å². The van der Waals surface area contributed by atoms with Crippen LogP contribution in [0.4, 0.5) is 0 Å². The van der Waals surface area contributed by atoms with E-state index in [4.69, 9.17) is 0 Å². The van der Waals surface area contributed by atoms with E-state index < -0.39 is 0 Å². The number of aliphatic hydroxyl groups excluding tert-OH is 1. The molecule has 1 rings (SSSR count). The zero-order chi connectivity index (χ0) is 12.0. The first kappa shape index (κ1) is 13.1. The van der Waals surface area contributed by atoms with Crippen LogP contribution in [0, 0.1) is 6.92 Å². The first-order valence-corrected chi connectivity index (χ1v) is 5.87. The van der Waals surface area contributed by atoms with Crippen molar-refractivity contribution in [1.82, 2.24) is 10.3 Å². The molecule has 0 aliphatic carbocycles. The molecule has 1 aromatic rings. The standard InChI is InChI=1S/C13H22N2O/c1-4-7-13(3,10-16)15-9-12-11(2)6-5-8-14-12/h5-6,8,15-16H,4,7,9-10H2,1-3H3. The lowest BCUT2D eigenvalue weighted by atomic mass is 9.97. The average Bonchev–Trinajstić information content (AvgIpc) is 2.28. The molecule has 90 valence electrons. The number of hydrogen-bond acceptors (Lipinski definition) is 3. The van der Waals surface area contributed by atoms with Gasteiger partial charge in [0.1, 0.15) is 0 Å². The molecule has 2 N–H and O–H groups in total. The normalized spacial score (nSPS) is 14.8. The predicted octanol–water partition coefficient (Wildman–Crippen LogP) is 2.03. The Labute approximate surface area is 97.9 Å². The summed E-state index contributed by atoms with van der Waals surface area (Å²) in [4.78, 5) is 4.33.